The van der Waals surface area contributed by atoms with E-state index in [1.807, 2.05) is 0 Å². The van der Waals surface area contributed by atoms with Crippen molar-refractivity contribution < 1.29 is 22.7 Å². The summed E-state index contributed by atoms with van der Waals surface area (Å²) in [4.78, 5) is 11.6. The summed E-state index contributed by atoms with van der Waals surface area (Å²) in [6, 6.07) is 7.66. The first-order chi connectivity index (χ1) is 11.1. The second-order valence-corrected chi connectivity index (χ2v) is 7.06. The molecule has 0 N–H and O–H groups in total. The summed E-state index contributed by atoms with van der Waals surface area (Å²) in [7, 11) is 0. The van der Waals surface area contributed by atoms with Gasteiger partial charge in [-0.15, -0.1) is 0 Å². The molecule has 2 aromatic rings. The van der Waals surface area contributed by atoms with Gasteiger partial charge in [-0.1, -0.05) is 51.3 Å². The lowest BCUT2D eigenvalue weighted by molar-refractivity contribution is -0.137. The minimum atomic E-state index is -4.57. The Balaban J connectivity index is 2.35. The molecule has 0 aliphatic rings. The van der Waals surface area contributed by atoms with Gasteiger partial charge in [0.05, 0.1) is 20.4 Å². The topological polar surface area (TPSA) is 26.3 Å². The zero-order chi connectivity index (χ0) is 18.1. The first kappa shape index (κ1) is 19.1. The minimum Gasteiger partial charge on any atom is -0.454 e. The average Bonchev–Trinajstić information content (AvgIpc) is 2.49. The van der Waals surface area contributed by atoms with Crippen molar-refractivity contribution in [3.63, 3.8) is 0 Å². The van der Waals surface area contributed by atoms with Gasteiger partial charge in [-0.3, -0.25) is 4.79 Å². The van der Waals surface area contributed by atoms with Gasteiger partial charge in [0, 0.05) is 5.56 Å². The molecule has 0 saturated carbocycles. The Kier molecular flexibility index (Phi) is 5.83. The maximum atomic E-state index is 12.7. The van der Waals surface area contributed by atoms with Crippen LogP contribution in [-0.2, 0) is 6.18 Å². The van der Waals surface area contributed by atoms with E-state index in [0.29, 0.717) is 5.56 Å². The van der Waals surface area contributed by atoms with Crippen LogP contribution in [0, 0.1) is 0 Å². The maximum Gasteiger partial charge on any atom is 0.416 e. The lowest BCUT2D eigenvalue weighted by Crippen LogP contribution is -2.09. The van der Waals surface area contributed by atoms with Crippen LogP contribution < -0.4 is 4.74 Å². The summed E-state index contributed by atoms with van der Waals surface area (Å²) in [5, 5.41) is -0.555. The Bertz CT molecular complexity index is 753. The fraction of sp³-hybridized carbons (Fsp3) is 0.188. The van der Waals surface area contributed by atoms with Crippen molar-refractivity contribution in [1.29, 1.82) is 0 Å². The molecule has 1 atom stereocenters. The van der Waals surface area contributed by atoms with Gasteiger partial charge < -0.3 is 4.74 Å². The van der Waals surface area contributed by atoms with Gasteiger partial charge in [0.2, 0.25) is 0 Å². The van der Waals surface area contributed by atoms with Crippen LogP contribution in [0.15, 0.2) is 36.4 Å². The third-order valence-electron chi connectivity index (χ3n) is 3.03. The molecule has 1 unspecified atom stereocenters. The van der Waals surface area contributed by atoms with Crippen molar-refractivity contribution in [2.45, 2.75) is 17.9 Å². The minimum absolute atomic E-state index is 0.108. The number of alkyl halides is 4. The van der Waals surface area contributed by atoms with Crippen LogP contribution in [0.1, 0.15) is 22.8 Å². The number of hydrogen-bond donors (Lipinski definition) is 0. The van der Waals surface area contributed by atoms with E-state index < -0.39 is 11.7 Å². The van der Waals surface area contributed by atoms with Gasteiger partial charge in [0.25, 0.3) is 0 Å². The summed E-state index contributed by atoms with van der Waals surface area (Å²) in [5.74, 6) is -0.0366. The molecule has 0 spiro atoms. The Morgan fingerprint density at radius 2 is 1.75 bits per heavy atom. The smallest absolute Gasteiger partial charge is 0.416 e. The highest BCUT2D eigenvalue weighted by atomic mass is 79.9. The second-order valence-electron chi connectivity index (χ2n) is 4.88. The van der Waals surface area contributed by atoms with Gasteiger partial charge in [-0.25, -0.2) is 0 Å². The Hall–Kier alpha value is -1.24. The normalized spacial score (nSPS) is 12.8. The van der Waals surface area contributed by atoms with E-state index in [9.17, 15) is 18.0 Å². The highest BCUT2D eigenvalue weighted by Gasteiger charge is 2.32. The molecule has 8 heteroatoms. The summed E-state index contributed by atoms with van der Waals surface area (Å²) in [6.07, 6.45) is -4.57. The summed E-state index contributed by atoms with van der Waals surface area (Å²) in [5.41, 5.74) is -0.585. The zero-order valence-corrected chi connectivity index (χ0v) is 15.2. The number of benzene rings is 2. The molecular weight excluding hydrogens is 432 g/mol. The van der Waals surface area contributed by atoms with Gasteiger partial charge in [-0.2, -0.15) is 13.2 Å². The molecule has 128 valence electrons. The number of ether oxygens (including phenoxy) is 1. The number of Topliss-reactive ketones (excluding diaryl/α,β-unsaturated/α-hetero) is 1. The molecule has 0 amide bonds. The van der Waals surface area contributed by atoms with Crippen LogP contribution in [0.25, 0.3) is 0 Å². The van der Waals surface area contributed by atoms with Crippen molar-refractivity contribution in [2.75, 3.05) is 0 Å². The van der Waals surface area contributed by atoms with Crippen molar-refractivity contribution in [3.8, 4) is 11.5 Å². The standard InChI is InChI=1S/C16H10BrCl2F3O2/c1-8(17)14(23)9-3-2-4-11(5-9)24-15-12(18)6-10(7-13(15)19)16(20,21)22/h2-8H,1H3. The van der Waals surface area contributed by atoms with E-state index in [4.69, 9.17) is 27.9 Å². The molecular formula is C16H10BrCl2F3O2. The number of carbonyl (C=O) groups excluding carboxylic acids is 1. The molecule has 0 aromatic heterocycles. The molecule has 2 rings (SSSR count). The lowest BCUT2D eigenvalue weighted by Gasteiger charge is -2.13. The number of rotatable bonds is 4. The SMILES string of the molecule is CC(Br)C(=O)c1cccc(Oc2c(Cl)cc(C(F)(F)F)cc2Cl)c1. The Morgan fingerprint density at radius 1 is 1.17 bits per heavy atom. The van der Waals surface area contributed by atoms with E-state index in [1.165, 1.54) is 6.07 Å². The van der Waals surface area contributed by atoms with Crippen LogP contribution in [0.4, 0.5) is 13.2 Å². The molecule has 24 heavy (non-hydrogen) atoms. The molecule has 0 bridgehead atoms. The molecule has 0 aliphatic carbocycles. The first-order valence-corrected chi connectivity index (χ1v) is 8.29. The third-order valence-corrected chi connectivity index (χ3v) is 4.00. The Morgan fingerprint density at radius 3 is 2.25 bits per heavy atom. The molecule has 2 nitrogen and oxygen atoms in total. The van der Waals surface area contributed by atoms with Gasteiger partial charge >= 0.3 is 6.18 Å². The summed E-state index contributed by atoms with van der Waals surface area (Å²) >= 11 is 14.9. The van der Waals surface area contributed by atoms with Crippen LogP contribution in [-0.4, -0.2) is 10.6 Å². The van der Waals surface area contributed by atoms with Crippen LogP contribution in [0.5, 0.6) is 11.5 Å². The van der Waals surface area contributed by atoms with E-state index >= 15 is 0 Å². The van der Waals surface area contributed by atoms with Crippen molar-refractivity contribution >= 4 is 44.9 Å². The van der Waals surface area contributed by atoms with E-state index in [1.54, 1.807) is 25.1 Å². The fourth-order valence-electron chi connectivity index (χ4n) is 1.88. The highest BCUT2D eigenvalue weighted by molar-refractivity contribution is 9.10. The van der Waals surface area contributed by atoms with E-state index in [-0.39, 0.29) is 32.2 Å². The molecule has 2 aromatic carbocycles. The molecule has 0 radical (unpaired) electrons. The predicted molar refractivity (Wildman–Crippen MR) is 90.7 cm³/mol. The fourth-order valence-corrected chi connectivity index (χ4v) is 2.71. The number of carbonyl (C=O) groups is 1. The quantitative estimate of drug-likeness (QED) is 0.386. The zero-order valence-electron chi connectivity index (χ0n) is 12.1. The molecule has 0 fully saturated rings. The average molecular weight is 442 g/mol. The molecule has 0 aliphatic heterocycles. The van der Waals surface area contributed by atoms with Crippen molar-refractivity contribution in [1.82, 2.24) is 0 Å². The maximum absolute atomic E-state index is 12.7. The largest absolute Gasteiger partial charge is 0.454 e. The summed E-state index contributed by atoms with van der Waals surface area (Å²) < 4.78 is 43.7. The molecule has 0 saturated heterocycles. The van der Waals surface area contributed by atoms with Crippen LogP contribution in [0.2, 0.25) is 10.0 Å². The summed E-state index contributed by atoms with van der Waals surface area (Å²) in [6.45, 7) is 1.68. The Labute approximate surface area is 154 Å². The third kappa shape index (κ3) is 4.43. The second kappa shape index (κ2) is 7.33. The van der Waals surface area contributed by atoms with Gasteiger partial charge in [0.15, 0.2) is 11.5 Å². The number of hydrogen-bond acceptors (Lipinski definition) is 2. The van der Waals surface area contributed by atoms with E-state index in [0.717, 1.165) is 12.1 Å². The number of ketones is 1. The number of halogens is 6. The van der Waals surface area contributed by atoms with E-state index in [2.05, 4.69) is 15.9 Å². The molecule has 0 heterocycles. The predicted octanol–water partition coefficient (Wildman–Crippen LogP) is 6.77. The van der Waals surface area contributed by atoms with Crippen molar-refractivity contribution in [2.24, 2.45) is 0 Å². The monoisotopic (exact) mass is 440 g/mol. The van der Waals surface area contributed by atoms with Gasteiger partial charge in [-0.05, 0) is 31.2 Å². The van der Waals surface area contributed by atoms with Crippen LogP contribution in [0.3, 0.4) is 0 Å². The van der Waals surface area contributed by atoms with Gasteiger partial charge in [0.1, 0.15) is 5.75 Å². The lowest BCUT2D eigenvalue weighted by atomic mass is 10.1. The first-order valence-electron chi connectivity index (χ1n) is 6.62. The van der Waals surface area contributed by atoms with Crippen molar-refractivity contribution in [3.05, 3.63) is 57.6 Å². The highest BCUT2D eigenvalue weighted by Crippen LogP contribution is 2.41. The van der Waals surface area contributed by atoms with Crippen LogP contribution >= 0.6 is 39.1 Å².